The van der Waals surface area contributed by atoms with Crippen LogP contribution < -0.4 is 21.3 Å². The van der Waals surface area contributed by atoms with Crippen LogP contribution >= 0.6 is 0 Å². The lowest BCUT2D eigenvalue weighted by atomic mass is 10.0. The van der Waals surface area contributed by atoms with E-state index in [1.54, 1.807) is 24.3 Å². The van der Waals surface area contributed by atoms with Crippen molar-refractivity contribution in [1.82, 2.24) is 21.3 Å². The van der Waals surface area contributed by atoms with Gasteiger partial charge in [-0.05, 0) is 49.2 Å². The monoisotopic (exact) mass is 646 g/mol. The fraction of sp³-hybridized carbons (Fsp3) is 0.211. The molecule has 0 radical (unpaired) electrons. The molecule has 4 aromatic carbocycles. The van der Waals surface area contributed by atoms with Gasteiger partial charge in [-0.15, -0.1) is 0 Å². The Kier molecular flexibility index (Phi) is 12.5. The molecule has 0 heterocycles. The molecule has 0 aliphatic rings. The third kappa shape index (κ3) is 10.3. The number of Topliss-reactive ketones (excluding diaryl/α,β-unsaturated/α-hetero) is 2. The Labute approximate surface area is 279 Å². The van der Waals surface area contributed by atoms with Gasteiger partial charge in [0.1, 0.15) is 12.1 Å². The maximum atomic E-state index is 13.3. The summed E-state index contributed by atoms with van der Waals surface area (Å²) in [5.41, 5.74) is 3.24. The van der Waals surface area contributed by atoms with Gasteiger partial charge in [-0.1, -0.05) is 84.9 Å². The van der Waals surface area contributed by atoms with Crippen molar-refractivity contribution in [3.05, 3.63) is 143 Å². The Balaban J connectivity index is 1.37. The lowest BCUT2D eigenvalue weighted by Gasteiger charge is -2.20. The number of hydrogen-bond acceptors (Lipinski definition) is 6. The fourth-order valence-corrected chi connectivity index (χ4v) is 4.93. The van der Waals surface area contributed by atoms with Crippen LogP contribution in [0.3, 0.4) is 0 Å². The number of nitrogens with one attached hydrogen (secondary N) is 4. The van der Waals surface area contributed by atoms with Gasteiger partial charge in [-0.25, -0.2) is 0 Å². The molecular weight excluding hydrogens is 608 g/mol. The minimum Gasteiger partial charge on any atom is -0.353 e. The van der Waals surface area contributed by atoms with E-state index in [-0.39, 0.29) is 37.5 Å². The zero-order valence-electron chi connectivity index (χ0n) is 26.8. The Bertz CT molecular complexity index is 1610. The Morgan fingerprint density at radius 3 is 1.08 bits per heavy atom. The highest BCUT2D eigenvalue weighted by molar-refractivity contribution is 6.00. The summed E-state index contributed by atoms with van der Waals surface area (Å²) in [7, 11) is 0. The van der Waals surface area contributed by atoms with Crippen LogP contribution in [0.5, 0.6) is 0 Å². The summed E-state index contributed by atoms with van der Waals surface area (Å²) in [6, 6.07) is 29.0. The van der Waals surface area contributed by atoms with E-state index >= 15 is 0 Å². The molecule has 246 valence electrons. The Hall–Kier alpha value is -5.90. The molecule has 48 heavy (non-hydrogen) atoms. The molecule has 0 aliphatic carbocycles. The van der Waals surface area contributed by atoms with Gasteiger partial charge in [0.2, 0.25) is 11.8 Å². The fourth-order valence-electron chi connectivity index (χ4n) is 4.93. The van der Waals surface area contributed by atoms with Crippen molar-refractivity contribution >= 4 is 35.2 Å². The summed E-state index contributed by atoms with van der Waals surface area (Å²) in [6.07, 6.45) is 0.462. The van der Waals surface area contributed by atoms with Gasteiger partial charge in [-0.2, -0.15) is 0 Å². The number of rotatable bonds is 15. The number of carbonyl (C=O) groups is 6. The van der Waals surface area contributed by atoms with Gasteiger partial charge in [0, 0.05) is 48.2 Å². The number of hydrogen-bond donors (Lipinski definition) is 4. The van der Waals surface area contributed by atoms with E-state index in [2.05, 4.69) is 21.3 Å². The van der Waals surface area contributed by atoms with Crippen LogP contribution in [-0.2, 0) is 22.4 Å². The first-order valence-corrected chi connectivity index (χ1v) is 15.6. The zero-order valence-corrected chi connectivity index (χ0v) is 26.8. The van der Waals surface area contributed by atoms with E-state index in [0.29, 0.717) is 22.3 Å². The average molecular weight is 647 g/mol. The standard InChI is InChI=1S/C38H38N4O6/c1-25(43)29-13-17-31(18-14-29)35(45)41-33(23-27-9-5-3-6-10-27)37(47)39-21-22-40-38(48)34(24-28-11-7-4-8-12-28)42-36(46)32-19-15-30(16-20-32)26(2)44/h3-20,33-34H,21-24H2,1-2H3,(H,39,47)(H,40,48)(H,41,45)(H,42,46)/t33-,34-/m0/s1. The Morgan fingerprint density at radius 1 is 0.458 bits per heavy atom. The molecule has 2 atom stereocenters. The normalized spacial score (nSPS) is 11.8. The number of ketones is 2. The maximum Gasteiger partial charge on any atom is 0.251 e. The summed E-state index contributed by atoms with van der Waals surface area (Å²) >= 11 is 0. The summed E-state index contributed by atoms with van der Waals surface area (Å²) in [4.78, 5) is 75.9. The highest BCUT2D eigenvalue weighted by Crippen LogP contribution is 2.10. The van der Waals surface area contributed by atoms with Crippen molar-refractivity contribution in [2.75, 3.05) is 13.1 Å². The van der Waals surface area contributed by atoms with Crippen LogP contribution in [0.4, 0.5) is 0 Å². The molecular formula is C38H38N4O6. The first-order valence-electron chi connectivity index (χ1n) is 15.6. The third-order valence-electron chi connectivity index (χ3n) is 7.64. The Morgan fingerprint density at radius 2 is 0.771 bits per heavy atom. The van der Waals surface area contributed by atoms with Crippen molar-refractivity contribution in [3.63, 3.8) is 0 Å². The molecule has 0 aromatic heterocycles. The predicted octanol–water partition coefficient (Wildman–Crippen LogP) is 3.71. The topological polar surface area (TPSA) is 151 Å². The molecule has 0 fully saturated rings. The molecule has 0 saturated carbocycles. The van der Waals surface area contributed by atoms with E-state index in [1.165, 1.54) is 38.1 Å². The highest BCUT2D eigenvalue weighted by Gasteiger charge is 2.24. The number of benzene rings is 4. The van der Waals surface area contributed by atoms with Crippen LogP contribution in [0.25, 0.3) is 0 Å². The lowest BCUT2D eigenvalue weighted by molar-refractivity contribution is -0.124. The van der Waals surface area contributed by atoms with E-state index in [0.717, 1.165) is 11.1 Å². The number of amides is 4. The second-order valence-electron chi connectivity index (χ2n) is 11.3. The molecule has 4 rings (SSSR count). The van der Waals surface area contributed by atoms with Gasteiger partial charge < -0.3 is 21.3 Å². The van der Waals surface area contributed by atoms with E-state index < -0.39 is 35.7 Å². The van der Waals surface area contributed by atoms with E-state index in [1.807, 2.05) is 60.7 Å². The summed E-state index contributed by atoms with van der Waals surface area (Å²) in [6.45, 7) is 3.01. The minimum atomic E-state index is -0.914. The van der Waals surface area contributed by atoms with E-state index in [9.17, 15) is 28.8 Å². The largest absolute Gasteiger partial charge is 0.353 e. The van der Waals surface area contributed by atoms with Crippen molar-refractivity contribution in [2.24, 2.45) is 0 Å². The second kappa shape index (κ2) is 17.1. The quantitative estimate of drug-likeness (QED) is 0.114. The SMILES string of the molecule is CC(=O)c1ccc(C(=O)N[C@@H](Cc2ccccc2)C(=O)NCCNC(=O)[C@H](Cc2ccccc2)NC(=O)c2ccc(C(C)=O)cc2)cc1. The molecule has 0 bridgehead atoms. The molecule has 0 aliphatic heterocycles. The van der Waals surface area contributed by atoms with Crippen LogP contribution in [0.15, 0.2) is 109 Å². The van der Waals surface area contributed by atoms with Crippen molar-refractivity contribution in [2.45, 2.75) is 38.8 Å². The predicted molar refractivity (Wildman–Crippen MR) is 182 cm³/mol. The van der Waals surface area contributed by atoms with Gasteiger partial charge >= 0.3 is 0 Å². The molecule has 0 spiro atoms. The third-order valence-corrected chi connectivity index (χ3v) is 7.64. The van der Waals surface area contributed by atoms with Gasteiger partial charge in [0.15, 0.2) is 11.6 Å². The van der Waals surface area contributed by atoms with Gasteiger partial charge in [0.25, 0.3) is 11.8 Å². The second-order valence-corrected chi connectivity index (χ2v) is 11.3. The molecule has 0 unspecified atom stereocenters. The van der Waals surface area contributed by atoms with Crippen LogP contribution in [0.1, 0.15) is 66.4 Å². The molecule has 4 N–H and O–H groups in total. The lowest BCUT2D eigenvalue weighted by Crippen LogP contribution is -2.51. The molecule has 4 aromatic rings. The van der Waals surface area contributed by atoms with Crippen LogP contribution in [0.2, 0.25) is 0 Å². The molecule has 10 heteroatoms. The van der Waals surface area contributed by atoms with Gasteiger partial charge in [0.05, 0.1) is 0 Å². The zero-order chi connectivity index (χ0) is 34.5. The summed E-state index contributed by atoms with van der Waals surface area (Å²) in [5.74, 6) is -2.06. The highest BCUT2D eigenvalue weighted by atomic mass is 16.2. The molecule has 0 saturated heterocycles. The minimum absolute atomic E-state index is 0.0670. The van der Waals surface area contributed by atoms with Crippen molar-refractivity contribution < 1.29 is 28.8 Å². The first kappa shape index (κ1) is 35.0. The average Bonchev–Trinajstić information content (AvgIpc) is 3.10. The van der Waals surface area contributed by atoms with Crippen LogP contribution in [-0.4, -0.2) is 60.4 Å². The first-order chi connectivity index (χ1) is 23.1. The maximum absolute atomic E-state index is 13.3. The van der Waals surface area contributed by atoms with Crippen molar-refractivity contribution in [1.29, 1.82) is 0 Å². The van der Waals surface area contributed by atoms with Gasteiger partial charge in [-0.3, -0.25) is 28.8 Å². The van der Waals surface area contributed by atoms with E-state index in [4.69, 9.17) is 0 Å². The number of carbonyl (C=O) groups excluding carboxylic acids is 6. The summed E-state index contributed by atoms with van der Waals surface area (Å²) < 4.78 is 0. The van der Waals surface area contributed by atoms with Crippen molar-refractivity contribution in [3.8, 4) is 0 Å². The molecule has 10 nitrogen and oxygen atoms in total. The molecule has 4 amide bonds. The summed E-state index contributed by atoms with van der Waals surface area (Å²) in [5, 5.41) is 11.1. The smallest absolute Gasteiger partial charge is 0.251 e. The van der Waals surface area contributed by atoms with Crippen LogP contribution in [0, 0.1) is 0 Å².